The first kappa shape index (κ1) is 4.82. The van der Waals surface area contributed by atoms with Crippen LogP contribution in [0, 0.1) is 0 Å². The van der Waals surface area contributed by atoms with Crippen LogP contribution in [0.4, 0.5) is 0 Å². The van der Waals surface area contributed by atoms with E-state index in [1.807, 2.05) is 0 Å². The van der Waals surface area contributed by atoms with E-state index in [1.54, 1.807) is 7.05 Å². The van der Waals surface area contributed by atoms with Gasteiger partial charge in [-0.05, 0) is 0 Å². The van der Waals surface area contributed by atoms with Gasteiger partial charge in [-0.1, -0.05) is 0 Å². The first-order valence-corrected chi connectivity index (χ1v) is 1.49. The van der Waals surface area contributed by atoms with Gasteiger partial charge in [-0.3, -0.25) is 4.99 Å². The van der Waals surface area contributed by atoms with E-state index in [4.69, 9.17) is 0 Å². The summed E-state index contributed by atoms with van der Waals surface area (Å²) in [5.74, 6) is 0. The van der Waals surface area contributed by atoms with Crippen LogP contribution < -0.4 is 0 Å². The second-order valence-electron chi connectivity index (χ2n) is 0.469. The molecular weight excluding hydrogens is 86.1 g/mol. The molecule has 0 aromatic carbocycles. The molecule has 0 aliphatic carbocycles. The lowest BCUT2D eigenvalue weighted by atomic mass is 11.4. The Bertz CT molecular complexity index is 36.6. The summed E-state index contributed by atoms with van der Waals surface area (Å²) in [7, 11) is 1.61. The van der Waals surface area contributed by atoms with Gasteiger partial charge in [-0.2, -0.15) is 0 Å². The second-order valence-corrected chi connectivity index (χ2v) is 0.680. The number of nitrogens with zero attached hydrogens (tertiary/aromatic N) is 1. The maximum atomic E-state index is 4.09. The summed E-state index contributed by atoms with van der Waals surface area (Å²) in [6.07, 6.45) is 1.24. The van der Waals surface area contributed by atoms with Crippen LogP contribution in [0.25, 0.3) is 0 Å². The minimum atomic E-state index is 1.24. The van der Waals surface area contributed by atoms with Gasteiger partial charge in [0.15, 0.2) is 6.40 Å². The van der Waals surface area contributed by atoms with Crippen LogP contribution in [0.1, 0.15) is 0 Å². The molecule has 0 aromatic rings. The molecule has 0 bridgehead atoms. The monoisotopic (exact) mass is 91.0 g/mol. The van der Waals surface area contributed by atoms with Gasteiger partial charge in [0.25, 0.3) is 0 Å². The summed E-state index contributed by atoms with van der Waals surface area (Å²) in [5, 5.41) is 0. The molecule has 3 heteroatoms. The number of hydrogen-bond acceptors (Lipinski definition) is 3. The van der Waals surface area contributed by atoms with Crippen molar-refractivity contribution in [1.82, 2.24) is 0 Å². The van der Waals surface area contributed by atoms with E-state index in [2.05, 4.69) is 22.1 Å². The predicted octanol–water partition coefficient (Wildman–Crippen LogP) is 0.506. The van der Waals surface area contributed by atoms with Crippen LogP contribution in [0.5, 0.6) is 0 Å². The third-order valence-corrected chi connectivity index (χ3v) is 0.247. The van der Waals surface area contributed by atoms with Gasteiger partial charge in [0.05, 0.1) is 0 Å². The van der Waals surface area contributed by atoms with E-state index in [0.29, 0.717) is 0 Å². The van der Waals surface area contributed by atoms with Crippen LogP contribution in [0.3, 0.4) is 0 Å². The van der Waals surface area contributed by atoms with Gasteiger partial charge in [-0.25, -0.2) is 0 Å². The summed E-state index contributed by atoms with van der Waals surface area (Å²) in [5.41, 5.74) is 0. The molecule has 0 rings (SSSR count). The minimum Gasteiger partial charge on any atom is -0.417 e. The molecule has 2 nitrogen and oxygen atoms in total. The highest BCUT2D eigenvalue weighted by molar-refractivity contribution is 7.75. The maximum Gasteiger partial charge on any atom is 0.185 e. The fourth-order valence-corrected chi connectivity index (χ4v) is 0.141. The first-order chi connectivity index (χ1) is 2.41. The molecule has 0 aromatic heterocycles. The van der Waals surface area contributed by atoms with Crippen LogP contribution >= 0.6 is 12.9 Å². The highest BCUT2D eigenvalue weighted by atomic mass is 32.1. The van der Waals surface area contributed by atoms with E-state index >= 15 is 0 Å². The molecule has 30 valence electrons. The molecule has 0 atom stereocenters. The Balaban J connectivity index is 2.62. The fourth-order valence-electron chi connectivity index (χ4n) is 0.0471. The van der Waals surface area contributed by atoms with Gasteiger partial charge >= 0.3 is 0 Å². The Labute approximate surface area is 36.5 Å². The molecule has 0 saturated carbocycles. The molecule has 0 unspecified atom stereocenters. The number of aliphatic imine (C=N–C) groups is 1. The smallest absolute Gasteiger partial charge is 0.185 e. The second kappa shape index (κ2) is 3.82. The average molecular weight is 91.1 g/mol. The molecule has 0 aliphatic heterocycles. The van der Waals surface area contributed by atoms with E-state index < -0.39 is 0 Å². The fraction of sp³-hybridized carbons (Fsp3) is 0.500. The summed E-state index contributed by atoms with van der Waals surface area (Å²) < 4.78 is 4.09. The van der Waals surface area contributed by atoms with Crippen molar-refractivity contribution in [1.29, 1.82) is 0 Å². The Hall–Kier alpha value is -0.180. The van der Waals surface area contributed by atoms with Gasteiger partial charge in [0.1, 0.15) is 0 Å². The molecule has 5 heavy (non-hydrogen) atoms. The van der Waals surface area contributed by atoms with Crippen molar-refractivity contribution in [2.45, 2.75) is 0 Å². The highest BCUT2D eigenvalue weighted by Crippen LogP contribution is 1.65. The number of thiol groups is 1. The Morgan fingerprint density at radius 3 is 2.60 bits per heavy atom. The SMILES string of the molecule is C/N=C/OS. The summed E-state index contributed by atoms with van der Waals surface area (Å²) in [6, 6.07) is 0. The van der Waals surface area contributed by atoms with Gasteiger partial charge < -0.3 is 4.18 Å². The normalized spacial score (nSPS) is 9.20. The van der Waals surface area contributed by atoms with Crippen LogP contribution in [-0.4, -0.2) is 13.4 Å². The molecule has 0 heterocycles. The van der Waals surface area contributed by atoms with E-state index in [1.165, 1.54) is 6.40 Å². The lowest BCUT2D eigenvalue weighted by Crippen LogP contribution is -1.62. The van der Waals surface area contributed by atoms with Crippen molar-refractivity contribution >= 4 is 19.3 Å². The molecule has 0 fully saturated rings. The zero-order valence-corrected chi connectivity index (χ0v) is 3.77. The van der Waals surface area contributed by atoms with Crippen LogP contribution in [-0.2, 0) is 4.18 Å². The van der Waals surface area contributed by atoms with E-state index in [-0.39, 0.29) is 0 Å². The highest BCUT2D eigenvalue weighted by Gasteiger charge is 1.49. The minimum absolute atomic E-state index is 1.24. The lowest BCUT2D eigenvalue weighted by Gasteiger charge is -1.72. The Morgan fingerprint density at radius 2 is 2.60 bits per heavy atom. The molecular formula is C2H5NOS. The Kier molecular flexibility index (Phi) is 3.68. The van der Waals surface area contributed by atoms with Crippen LogP contribution in [0.2, 0.25) is 0 Å². The number of hydrogen-bond donors (Lipinski definition) is 1. The molecule has 0 spiro atoms. The molecule has 0 saturated heterocycles. The summed E-state index contributed by atoms with van der Waals surface area (Å²) in [6.45, 7) is 0. The van der Waals surface area contributed by atoms with E-state index in [9.17, 15) is 0 Å². The predicted molar refractivity (Wildman–Crippen MR) is 24.5 cm³/mol. The molecule has 0 amide bonds. The lowest BCUT2D eigenvalue weighted by molar-refractivity contribution is 0.686. The van der Waals surface area contributed by atoms with Crippen LogP contribution in [0.15, 0.2) is 4.99 Å². The largest absolute Gasteiger partial charge is 0.417 e. The summed E-state index contributed by atoms with van der Waals surface area (Å²) >= 11 is 3.35. The van der Waals surface area contributed by atoms with Crippen molar-refractivity contribution in [3.8, 4) is 0 Å². The van der Waals surface area contributed by atoms with Crippen molar-refractivity contribution in [2.75, 3.05) is 7.05 Å². The quantitative estimate of drug-likeness (QED) is 0.216. The van der Waals surface area contributed by atoms with Crippen molar-refractivity contribution in [3.05, 3.63) is 0 Å². The van der Waals surface area contributed by atoms with E-state index in [0.717, 1.165) is 0 Å². The first-order valence-electron chi connectivity index (χ1n) is 1.12. The zero-order valence-electron chi connectivity index (χ0n) is 2.88. The number of rotatable bonds is 1. The average Bonchev–Trinajstić information content (AvgIpc) is 1.41. The standard InChI is InChI=1S/C2H5NOS/c1-3-2-4-5/h2,5H,1H3/b3-2+. The van der Waals surface area contributed by atoms with Gasteiger partial charge in [0, 0.05) is 20.0 Å². The summed E-state index contributed by atoms with van der Waals surface area (Å²) in [4.78, 5) is 3.43. The van der Waals surface area contributed by atoms with Crippen molar-refractivity contribution < 1.29 is 4.18 Å². The van der Waals surface area contributed by atoms with Gasteiger partial charge in [-0.15, -0.1) is 0 Å². The Morgan fingerprint density at radius 1 is 2.00 bits per heavy atom. The maximum absolute atomic E-state index is 4.09. The third-order valence-electron chi connectivity index (χ3n) is 0.153. The molecule has 0 radical (unpaired) electrons. The molecule has 0 aliphatic rings. The topological polar surface area (TPSA) is 21.6 Å². The molecule has 0 N–H and O–H groups in total. The van der Waals surface area contributed by atoms with Crippen molar-refractivity contribution in [2.24, 2.45) is 4.99 Å². The zero-order chi connectivity index (χ0) is 4.12. The van der Waals surface area contributed by atoms with Crippen molar-refractivity contribution in [3.63, 3.8) is 0 Å². The third kappa shape index (κ3) is 3.82. The van der Waals surface area contributed by atoms with Gasteiger partial charge in [0.2, 0.25) is 0 Å².